The number of para-hydroxylation sites is 1. The number of Topliss-reactive ketones (excluding diaryl/α,β-unsaturated/α-hetero) is 2. The highest BCUT2D eigenvalue weighted by Gasteiger charge is 2.36. The van der Waals surface area contributed by atoms with Crippen LogP contribution in [0.5, 0.6) is 11.5 Å². The zero-order valence-electron chi connectivity index (χ0n) is 11.1. The molecule has 0 heterocycles. The highest BCUT2D eigenvalue weighted by atomic mass is 35.5. The van der Waals surface area contributed by atoms with Crippen LogP contribution < -0.4 is 5.32 Å². The first-order valence-corrected chi connectivity index (χ1v) is 6.74. The Labute approximate surface area is 130 Å². The molecule has 6 heteroatoms. The molecule has 2 aromatic rings. The molecule has 1 aliphatic rings. The highest BCUT2D eigenvalue weighted by molar-refractivity contribution is 6.50. The van der Waals surface area contributed by atoms with E-state index in [1.165, 1.54) is 0 Å². The van der Waals surface area contributed by atoms with Gasteiger partial charge in [0.1, 0.15) is 22.2 Å². The zero-order valence-corrected chi connectivity index (χ0v) is 11.9. The number of aromatic hydroxyl groups is 2. The third-order valence-corrected chi connectivity index (χ3v) is 3.67. The lowest BCUT2D eigenvalue weighted by molar-refractivity contribution is 0.0977. The minimum absolute atomic E-state index is 0.133. The van der Waals surface area contributed by atoms with Crippen LogP contribution in [0, 0.1) is 0 Å². The number of anilines is 1. The van der Waals surface area contributed by atoms with Crippen LogP contribution in [-0.2, 0) is 0 Å². The minimum atomic E-state index is -0.719. The molecule has 0 fully saturated rings. The molecular formula is C16H10ClNO4. The number of benzene rings is 2. The second-order valence-corrected chi connectivity index (χ2v) is 5.07. The van der Waals surface area contributed by atoms with Crippen molar-refractivity contribution in [2.75, 3.05) is 5.32 Å². The predicted molar refractivity (Wildman–Crippen MR) is 81.4 cm³/mol. The largest absolute Gasteiger partial charge is 0.507 e. The maximum absolute atomic E-state index is 12.5. The summed E-state index contributed by atoms with van der Waals surface area (Å²) in [6, 6.07) is 11.0. The summed E-state index contributed by atoms with van der Waals surface area (Å²) in [6.45, 7) is 0. The molecule has 0 aromatic heterocycles. The van der Waals surface area contributed by atoms with Crippen molar-refractivity contribution in [1.82, 2.24) is 0 Å². The Hall–Kier alpha value is -2.79. The Balaban J connectivity index is 2.14. The normalized spacial score (nSPS) is 14.0. The molecule has 110 valence electrons. The Bertz CT molecular complexity index is 828. The Morgan fingerprint density at radius 3 is 1.95 bits per heavy atom. The number of rotatable bonds is 2. The monoisotopic (exact) mass is 315 g/mol. The molecule has 0 radical (unpaired) electrons. The van der Waals surface area contributed by atoms with Crippen molar-refractivity contribution in [3.8, 4) is 11.5 Å². The van der Waals surface area contributed by atoms with Gasteiger partial charge in [0.25, 0.3) is 0 Å². The molecule has 0 spiro atoms. The van der Waals surface area contributed by atoms with Gasteiger partial charge < -0.3 is 15.5 Å². The van der Waals surface area contributed by atoms with E-state index in [1.54, 1.807) is 30.3 Å². The third-order valence-electron chi connectivity index (χ3n) is 3.30. The van der Waals surface area contributed by atoms with Gasteiger partial charge in [-0.3, -0.25) is 9.59 Å². The van der Waals surface area contributed by atoms with Crippen molar-refractivity contribution in [3.05, 3.63) is 64.3 Å². The molecule has 3 rings (SSSR count). The number of phenols is 2. The number of fused-ring (bicyclic) bond motifs is 1. The molecule has 0 saturated heterocycles. The first kappa shape index (κ1) is 14.2. The van der Waals surface area contributed by atoms with Gasteiger partial charge in [0.05, 0.1) is 11.1 Å². The molecule has 1 aliphatic carbocycles. The highest BCUT2D eigenvalue weighted by Crippen LogP contribution is 2.38. The molecule has 0 saturated carbocycles. The van der Waals surface area contributed by atoms with Crippen molar-refractivity contribution < 1.29 is 19.8 Å². The van der Waals surface area contributed by atoms with Crippen LogP contribution in [0.1, 0.15) is 20.7 Å². The fourth-order valence-corrected chi connectivity index (χ4v) is 2.49. The maximum Gasteiger partial charge on any atom is 0.215 e. The van der Waals surface area contributed by atoms with Crippen LogP contribution >= 0.6 is 11.6 Å². The summed E-state index contributed by atoms with van der Waals surface area (Å²) in [7, 11) is 0. The number of hydrogen-bond donors (Lipinski definition) is 3. The van der Waals surface area contributed by atoms with Crippen LogP contribution in [0.15, 0.2) is 53.2 Å². The van der Waals surface area contributed by atoms with E-state index in [9.17, 15) is 19.8 Å². The fourth-order valence-electron chi connectivity index (χ4n) is 2.27. The zero-order chi connectivity index (χ0) is 15.9. The van der Waals surface area contributed by atoms with Gasteiger partial charge in [-0.1, -0.05) is 29.8 Å². The van der Waals surface area contributed by atoms with E-state index in [-0.39, 0.29) is 27.6 Å². The van der Waals surface area contributed by atoms with E-state index in [2.05, 4.69) is 5.32 Å². The summed E-state index contributed by atoms with van der Waals surface area (Å²) in [5, 5.41) is 22.1. The van der Waals surface area contributed by atoms with Crippen LogP contribution in [-0.4, -0.2) is 21.8 Å². The topological polar surface area (TPSA) is 86.6 Å². The predicted octanol–water partition coefficient (Wildman–Crippen LogP) is 3.04. The molecule has 0 bridgehead atoms. The smallest absolute Gasteiger partial charge is 0.215 e. The fraction of sp³-hybridized carbons (Fsp3) is 0. The summed E-state index contributed by atoms with van der Waals surface area (Å²) < 4.78 is 0. The van der Waals surface area contributed by atoms with Gasteiger partial charge in [0.15, 0.2) is 0 Å². The van der Waals surface area contributed by atoms with Gasteiger partial charge in [0.2, 0.25) is 11.6 Å². The summed E-state index contributed by atoms with van der Waals surface area (Å²) in [5.74, 6) is -2.16. The quantitative estimate of drug-likeness (QED) is 0.742. The van der Waals surface area contributed by atoms with E-state index in [1.807, 2.05) is 0 Å². The summed E-state index contributed by atoms with van der Waals surface area (Å²) in [5.41, 5.74) is -0.104. The number of nitrogens with one attached hydrogen (secondary N) is 1. The van der Waals surface area contributed by atoms with Crippen molar-refractivity contribution in [2.24, 2.45) is 0 Å². The second-order valence-electron chi connectivity index (χ2n) is 4.69. The lowest BCUT2D eigenvalue weighted by Crippen LogP contribution is -2.24. The summed E-state index contributed by atoms with van der Waals surface area (Å²) >= 11 is 5.98. The first-order chi connectivity index (χ1) is 10.5. The number of phenolic OH excluding ortho intramolecular Hbond substituents is 2. The standard InChI is InChI=1S/C16H10ClNO4/c17-13-14(18-8-4-2-1-3-5-8)16(22)12-10(20)7-6-9(19)11(12)15(13)21/h1-7,18-20H. The average Bonchev–Trinajstić information content (AvgIpc) is 2.52. The Morgan fingerprint density at radius 2 is 1.36 bits per heavy atom. The summed E-state index contributed by atoms with van der Waals surface area (Å²) in [4.78, 5) is 24.8. The first-order valence-electron chi connectivity index (χ1n) is 6.37. The number of halogens is 1. The molecule has 0 amide bonds. The van der Waals surface area contributed by atoms with Gasteiger partial charge >= 0.3 is 0 Å². The van der Waals surface area contributed by atoms with Crippen molar-refractivity contribution >= 4 is 28.9 Å². The van der Waals surface area contributed by atoms with E-state index in [4.69, 9.17) is 11.6 Å². The number of allylic oxidation sites excluding steroid dienone is 2. The van der Waals surface area contributed by atoms with Crippen molar-refractivity contribution in [1.29, 1.82) is 0 Å². The molecule has 5 nitrogen and oxygen atoms in total. The van der Waals surface area contributed by atoms with Crippen LogP contribution in [0.4, 0.5) is 5.69 Å². The Kier molecular flexibility index (Phi) is 3.35. The lowest BCUT2D eigenvalue weighted by Gasteiger charge is -2.20. The van der Waals surface area contributed by atoms with Crippen molar-refractivity contribution in [2.45, 2.75) is 0 Å². The lowest BCUT2D eigenvalue weighted by atomic mass is 9.90. The molecule has 22 heavy (non-hydrogen) atoms. The SMILES string of the molecule is O=C1C(Cl)=C(Nc2ccccc2)C(=O)c2c(O)ccc(O)c21. The number of ketones is 2. The van der Waals surface area contributed by atoms with Gasteiger partial charge in [-0.25, -0.2) is 0 Å². The molecule has 2 aromatic carbocycles. The van der Waals surface area contributed by atoms with Crippen LogP contribution in [0.25, 0.3) is 0 Å². The van der Waals surface area contributed by atoms with E-state index < -0.39 is 17.3 Å². The van der Waals surface area contributed by atoms with Crippen molar-refractivity contribution in [3.63, 3.8) is 0 Å². The molecular weight excluding hydrogens is 306 g/mol. The van der Waals surface area contributed by atoms with Gasteiger partial charge in [-0.05, 0) is 24.3 Å². The number of carbonyl (C=O) groups excluding carboxylic acids is 2. The van der Waals surface area contributed by atoms with E-state index in [0.29, 0.717) is 5.69 Å². The molecule has 0 unspecified atom stereocenters. The van der Waals surface area contributed by atoms with Crippen LogP contribution in [0.3, 0.4) is 0 Å². The third kappa shape index (κ3) is 2.12. The van der Waals surface area contributed by atoms with Gasteiger partial charge in [-0.2, -0.15) is 0 Å². The van der Waals surface area contributed by atoms with E-state index >= 15 is 0 Å². The van der Waals surface area contributed by atoms with E-state index in [0.717, 1.165) is 12.1 Å². The Morgan fingerprint density at radius 1 is 0.818 bits per heavy atom. The second kappa shape index (κ2) is 5.20. The number of carbonyl (C=O) groups is 2. The maximum atomic E-state index is 12.5. The van der Waals surface area contributed by atoms with Gasteiger partial charge in [0, 0.05) is 5.69 Å². The molecule has 0 aliphatic heterocycles. The minimum Gasteiger partial charge on any atom is -0.507 e. The molecule has 0 atom stereocenters. The summed E-state index contributed by atoms with van der Waals surface area (Å²) in [6.07, 6.45) is 0. The van der Waals surface area contributed by atoms with Gasteiger partial charge in [-0.15, -0.1) is 0 Å². The average molecular weight is 316 g/mol. The number of hydrogen-bond acceptors (Lipinski definition) is 5. The molecule has 3 N–H and O–H groups in total. The van der Waals surface area contributed by atoms with Crippen LogP contribution in [0.2, 0.25) is 0 Å².